The van der Waals surface area contributed by atoms with Gasteiger partial charge in [0.1, 0.15) is 10.6 Å². The highest BCUT2D eigenvalue weighted by molar-refractivity contribution is 7.89. The molecule has 33 heavy (non-hydrogen) atoms. The van der Waals surface area contributed by atoms with Gasteiger partial charge in [0.05, 0.1) is 0 Å². The third kappa shape index (κ3) is 5.62. The highest BCUT2D eigenvalue weighted by Crippen LogP contribution is 2.26. The molecule has 1 aliphatic carbocycles. The van der Waals surface area contributed by atoms with E-state index in [0.29, 0.717) is 31.6 Å². The van der Waals surface area contributed by atoms with Gasteiger partial charge in [0, 0.05) is 51.4 Å². The number of amides is 2. The van der Waals surface area contributed by atoms with Gasteiger partial charge in [-0.3, -0.25) is 9.59 Å². The number of sulfonamides is 1. The summed E-state index contributed by atoms with van der Waals surface area (Å²) in [6.45, 7) is 2.11. The lowest BCUT2D eigenvalue weighted by Gasteiger charge is -2.31. The lowest BCUT2D eigenvalue weighted by atomic mass is 9.94. The predicted octanol–water partition coefficient (Wildman–Crippen LogP) is 2.89. The Kier molecular flexibility index (Phi) is 7.79. The van der Waals surface area contributed by atoms with Crippen molar-refractivity contribution in [1.29, 1.82) is 0 Å². The van der Waals surface area contributed by atoms with Crippen molar-refractivity contribution in [2.75, 3.05) is 26.2 Å². The molecule has 2 aliphatic heterocycles. The Morgan fingerprint density at radius 1 is 0.879 bits per heavy atom. The van der Waals surface area contributed by atoms with E-state index >= 15 is 0 Å². The van der Waals surface area contributed by atoms with Gasteiger partial charge in [-0.1, -0.05) is 32.1 Å². The van der Waals surface area contributed by atoms with Crippen molar-refractivity contribution in [3.63, 3.8) is 0 Å². The Balaban J connectivity index is 1.34. The maximum Gasteiger partial charge on any atom is 0.270 e. The fourth-order valence-electron chi connectivity index (χ4n) is 5.40. The molecule has 0 spiro atoms. The van der Waals surface area contributed by atoms with Gasteiger partial charge in [-0.2, -0.15) is 4.31 Å². The normalized spacial score (nSPS) is 22.2. The quantitative estimate of drug-likeness (QED) is 0.704. The second-order valence-corrected chi connectivity index (χ2v) is 11.8. The standard InChI is InChI=1S/C24H38N4O4S/c1-26-18-21(17-22(26)24(30)27-13-7-8-14-27)33(31,32)28-15-11-19(12-16-28)23(29)25-20-9-5-3-2-4-6-10-20/h17-20H,2-16H2,1H3,(H,25,29). The third-order valence-corrected chi connectivity index (χ3v) is 9.37. The lowest BCUT2D eigenvalue weighted by Crippen LogP contribution is -2.45. The van der Waals surface area contributed by atoms with Crippen molar-refractivity contribution in [1.82, 2.24) is 19.1 Å². The predicted molar refractivity (Wildman–Crippen MR) is 126 cm³/mol. The Morgan fingerprint density at radius 2 is 1.48 bits per heavy atom. The van der Waals surface area contributed by atoms with Crippen LogP contribution in [0.25, 0.3) is 0 Å². The average Bonchev–Trinajstić information content (AvgIpc) is 3.45. The highest BCUT2D eigenvalue weighted by Gasteiger charge is 2.34. The molecule has 9 heteroatoms. The van der Waals surface area contributed by atoms with E-state index < -0.39 is 10.0 Å². The van der Waals surface area contributed by atoms with Gasteiger partial charge in [0.15, 0.2) is 0 Å². The molecule has 1 N–H and O–H groups in total. The third-order valence-electron chi connectivity index (χ3n) is 7.51. The van der Waals surface area contributed by atoms with Crippen molar-refractivity contribution in [3.8, 4) is 0 Å². The molecular weight excluding hydrogens is 440 g/mol. The molecule has 1 aromatic heterocycles. The number of piperidine rings is 1. The van der Waals surface area contributed by atoms with Crippen LogP contribution >= 0.6 is 0 Å². The molecule has 3 heterocycles. The Hall–Kier alpha value is -1.87. The van der Waals surface area contributed by atoms with Gasteiger partial charge >= 0.3 is 0 Å². The maximum atomic E-state index is 13.2. The molecule has 0 aromatic carbocycles. The number of likely N-dealkylation sites (tertiary alicyclic amines) is 1. The maximum absolute atomic E-state index is 13.2. The van der Waals surface area contributed by atoms with Crippen LogP contribution in [-0.2, 0) is 21.9 Å². The number of carbonyl (C=O) groups is 2. The topological polar surface area (TPSA) is 91.7 Å². The number of aromatic nitrogens is 1. The summed E-state index contributed by atoms with van der Waals surface area (Å²) < 4.78 is 29.6. The molecule has 1 aromatic rings. The Morgan fingerprint density at radius 3 is 2.12 bits per heavy atom. The minimum Gasteiger partial charge on any atom is -0.353 e. The van der Waals surface area contributed by atoms with E-state index in [1.807, 2.05) is 0 Å². The first kappa shape index (κ1) is 24.3. The number of nitrogens with one attached hydrogen (secondary N) is 1. The van der Waals surface area contributed by atoms with E-state index in [-0.39, 0.29) is 28.7 Å². The average molecular weight is 479 g/mol. The molecule has 0 bridgehead atoms. The van der Waals surface area contributed by atoms with Crippen molar-refractivity contribution < 1.29 is 18.0 Å². The van der Waals surface area contributed by atoms with Crippen molar-refractivity contribution in [3.05, 3.63) is 18.0 Å². The first-order valence-electron chi connectivity index (χ1n) is 12.6. The molecule has 0 atom stereocenters. The summed E-state index contributed by atoms with van der Waals surface area (Å²) in [5.41, 5.74) is 0.406. The minimum atomic E-state index is -3.70. The van der Waals surface area contributed by atoms with E-state index in [4.69, 9.17) is 0 Å². The van der Waals surface area contributed by atoms with Crippen LogP contribution in [0.5, 0.6) is 0 Å². The summed E-state index contributed by atoms with van der Waals surface area (Å²) in [6, 6.07) is 1.76. The highest BCUT2D eigenvalue weighted by atomic mass is 32.2. The van der Waals surface area contributed by atoms with Gasteiger partial charge in [-0.15, -0.1) is 0 Å². The number of hydrogen-bond donors (Lipinski definition) is 1. The lowest BCUT2D eigenvalue weighted by molar-refractivity contribution is -0.127. The molecule has 0 radical (unpaired) electrons. The number of nitrogens with zero attached hydrogens (tertiary/aromatic N) is 3. The summed E-state index contributed by atoms with van der Waals surface area (Å²) in [6.07, 6.45) is 12.8. The first-order chi connectivity index (χ1) is 15.9. The molecule has 4 rings (SSSR count). The van der Waals surface area contributed by atoms with Crippen LogP contribution in [0.15, 0.2) is 17.2 Å². The summed E-state index contributed by atoms with van der Waals surface area (Å²) in [4.78, 5) is 27.5. The van der Waals surface area contributed by atoms with Gasteiger partial charge in [-0.05, 0) is 44.6 Å². The molecule has 184 valence electrons. The Bertz CT molecular complexity index is 936. The monoisotopic (exact) mass is 478 g/mol. The fourth-order valence-corrected chi connectivity index (χ4v) is 6.94. The van der Waals surface area contributed by atoms with Gasteiger partial charge in [0.2, 0.25) is 15.9 Å². The SMILES string of the molecule is Cn1cc(S(=O)(=O)N2CCC(C(=O)NC3CCCCCCC3)CC2)cc1C(=O)N1CCCC1. The molecule has 8 nitrogen and oxygen atoms in total. The molecular formula is C24H38N4O4S. The van der Waals surface area contributed by atoms with Crippen LogP contribution in [0.1, 0.15) is 81.1 Å². The number of carbonyl (C=O) groups excluding carboxylic acids is 2. The van der Waals surface area contributed by atoms with Crippen molar-refractivity contribution in [2.45, 2.75) is 81.6 Å². The first-order valence-corrected chi connectivity index (χ1v) is 14.1. The summed E-state index contributed by atoms with van der Waals surface area (Å²) in [5.74, 6) is -0.165. The number of aryl methyl sites for hydroxylation is 1. The molecule has 0 unspecified atom stereocenters. The van der Waals surface area contributed by atoms with Crippen LogP contribution in [-0.4, -0.2) is 66.2 Å². The van der Waals surface area contributed by atoms with Crippen molar-refractivity contribution >= 4 is 21.8 Å². The van der Waals surface area contributed by atoms with Crippen LogP contribution in [0.2, 0.25) is 0 Å². The minimum absolute atomic E-state index is 0.0795. The molecule has 2 amide bonds. The number of rotatable bonds is 5. The van der Waals surface area contributed by atoms with E-state index in [9.17, 15) is 18.0 Å². The smallest absolute Gasteiger partial charge is 0.270 e. The molecule has 3 aliphatic rings. The Labute approximate surface area is 197 Å². The van der Waals surface area contributed by atoms with Crippen LogP contribution in [0.4, 0.5) is 0 Å². The van der Waals surface area contributed by atoms with E-state index in [1.165, 1.54) is 48.7 Å². The molecule has 2 saturated heterocycles. The van der Waals surface area contributed by atoms with Crippen LogP contribution in [0.3, 0.4) is 0 Å². The molecule has 3 fully saturated rings. The van der Waals surface area contributed by atoms with E-state index in [0.717, 1.165) is 38.8 Å². The van der Waals surface area contributed by atoms with Crippen LogP contribution < -0.4 is 5.32 Å². The summed E-state index contributed by atoms with van der Waals surface area (Å²) in [5, 5.41) is 3.24. The second-order valence-electron chi connectivity index (χ2n) is 9.90. The number of hydrogen-bond acceptors (Lipinski definition) is 4. The zero-order valence-electron chi connectivity index (χ0n) is 19.8. The fraction of sp³-hybridized carbons (Fsp3) is 0.750. The van der Waals surface area contributed by atoms with Crippen molar-refractivity contribution in [2.24, 2.45) is 13.0 Å². The zero-order chi connectivity index (χ0) is 23.4. The van der Waals surface area contributed by atoms with E-state index in [1.54, 1.807) is 16.5 Å². The van der Waals surface area contributed by atoms with Gasteiger partial charge < -0.3 is 14.8 Å². The van der Waals surface area contributed by atoms with Gasteiger partial charge in [-0.25, -0.2) is 8.42 Å². The van der Waals surface area contributed by atoms with Crippen LogP contribution in [0, 0.1) is 5.92 Å². The summed E-state index contributed by atoms with van der Waals surface area (Å²) in [7, 11) is -1.98. The van der Waals surface area contributed by atoms with Gasteiger partial charge in [0.25, 0.3) is 5.91 Å². The largest absolute Gasteiger partial charge is 0.353 e. The second kappa shape index (κ2) is 10.6. The van der Waals surface area contributed by atoms with E-state index in [2.05, 4.69) is 5.32 Å². The summed E-state index contributed by atoms with van der Waals surface area (Å²) >= 11 is 0. The zero-order valence-corrected chi connectivity index (χ0v) is 20.6. The molecule has 1 saturated carbocycles.